The standard InChI is InChI=1S/C16H19N3O2S/c1-4-10-9(3)22-16(18-10)19-15(21)14-8(2)13-11(17-14)6-5-7-12(13)20/h17H,4-7H2,1-3H3,(H,18,19,21). The summed E-state index contributed by atoms with van der Waals surface area (Å²) >= 11 is 1.48. The number of rotatable bonds is 3. The summed E-state index contributed by atoms with van der Waals surface area (Å²) < 4.78 is 0. The van der Waals surface area contributed by atoms with Gasteiger partial charge in [0.05, 0.1) is 5.69 Å². The highest BCUT2D eigenvalue weighted by Gasteiger charge is 2.26. The van der Waals surface area contributed by atoms with Crippen molar-refractivity contribution in [3.05, 3.63) is 33.1 Å². The largest absolute Gasteiger partial charge is 0.354 e. The molecule has 0 saturated heterocycles. The molecule has 116 valence electrons. The second-order valence-corrected chi connectivity index (χ2v) is 6.79. The lowest BCUT2D eigenvalue weighted by atomic mass is 9.94. The predicted molar refractivity (Wildman–Crippen MR) is 87.0 cm³/mol. The SMILES string of the molecule is CCc1nc(NC(=O)c2[nH]c3c(c2C)C(=O)CCC3)sc1C. The fraction of sp³-hybridized carbons (Fsp3) is 0.438. The van der Waals surface area contributed by atoms with Gasteiger partial charge in [-0.2, -0.15) is 0 Å². The Morgan fingerprint density at radius 3 is 2.77 bits per heavy atom. The number of nitrogens with zero attached hydrogens (tertiary/aromatic N) is 1. The van der Waals surface area contributed by atoms with Crippen molar-refractivity contribution in [2.24, 2.45) is 0 Å². The summed E-state index contributed by atoms with van der Waals surface area (Å²) in [5.41, 5.74) is 3.84. The van der Waals surface area contributed by atoms with Gasteiger partial charge in [0.2, 0.25) is 0 Å². The molecule has 5 nitrogen and oxygen atoms in total. The molecule has 0 spiro atoms. The summed E-state index contributed by atoms with van der Waals surface area (Å²) in [6.45, 7) is 5.88. The Morgan fingerprint density at radius 1 is 1.36 bits per heavy atom. The maximum Gasteiger partial charge on any atom is 0.274 e. The van der Waals surface area contributed by atoms with Gasteiger partial charge in [-0.25, -0.2) is 4.98 Å². The molecule has 1 aliphatic rings. The highest BCUT2D eigenvalue weighted by molar-refractivity contribution is 7.15. The van der Waals surface area contributed by atoms with Gasteiger partial charge in [0.1, 0.15) is 5.69 Å². The van der Waals surface area contributed by atoms with Crippen LogP contribution in [0.3, 0.4) is 0 Å². The molecule has 0 bridgehead atoms. The van der Waals surface area contributed by atoms with E-state index in [2.05, 4.69) is 15.3 Å². The Morgan fingerprint density at radius 2 is 2.14 bits per heavy atom. The van der Waals surface area contributed by atoms with Gasteiger partial charge in [0, 0.05) is 22.6 Å². The molecule has 2 heterocycles. The number of amides is 1. The zero-order chi connectivity index (χ0) is 15.9. The third kappa shape index (κ3) is 2.47. The minimum atomic E-state index is -0.226. The van der Waals surface area contributed by atoms with Crippen molar-refractivity contribution in [3.8, 4) is 0 Å². The van der Waals surface area contributed by atoms with Gasteiger partial charge in [-0.3, -0.25) is 14.9 Å². The molecule has 3 rings (SSSR count). The third-order valence-electron chi connectivity index (χ3n) is 4.11. The zero-order valence-corrected chi connectivity index (χ0v) is 13.8. The number of hydrogen-bond donors (Lipinski definition) is 2. The molecule has 0 aliphatic heterocycles. The number of aryl methyl sites for hydroxylation is 3. The van der Waals surface area contributed by atoms with Crippen LogP contribution < -0.4 is 5.32 Å². The van der Waals surface area contributed by atoms with Crippen molar-refractivity contribution in [2.75, 3.05) is 5.32 Å². The number of carbonyl (C=O) groups is 2. The van der Waals surface area contributed by atoms with E-state index in [1.54, 1.807) is 0 Å². The molecule has 2 aromatic rings. The van der Waals surface area contributed by atoms with Gasteiger partial charge >= 0.3 is 0 Å². The number of hydrogen-bond acceptors (Lipinski definition) is 4. The molecule has 0 saturated carbocycles. The van der Waals surface area contributed by atoms with Gasteiger partial charge in [-0.05, 0) is 38.7 Å². The van der Waals surface area contributed by atoms with Crippen molar-refractivity contribution in [1.82, 2.24) is 9.97 Å². The van der Waals surface area contributed by atoms with Gasteiger partial charge in [0.25, 0.3) is 5.91 Å². The zero-order valence-electron chi connectivity index (χ0n) is 13.0. The summed E-state index contributed by atoms with van der Waals surface area (Å²) in [7, 11) is 0. The van der Waals surface area contributed by atoms with E-state index in [4.69, 9.17) is 0 Å². The number of carbonyl (C=O) groups excluding carboxylic acids is 2. The van der Waals surface area contributed by atoms with Crippen LogP contribution in [0.1, 0.15) is 62.4 Å². The number of fused-ring (bicyclic) bond motifs is 1. The second kappa shape index (κ2) is 5.68. The fourth-order valence-electron chi connectivity index (χ4n) is 2.97. The Bertz CT molecular complexity index is 758. The topological polar surface area (TPSA) is 74.8 Å². The summed E-state index contributed by atoms with van der Waals surface area (Å²) in [6.07, 6.45) is 3.09. The number of aromatic nitrogens is 2. The van der Waals surface area contributed by atoms with Crippen LogP contribution in [-0.2, 0) is 12.8 Å². The molecule has 0 fully saturated rings. The molecular weight excluding hydrogens is 298 g/mol. The average Bonchev–Trinajstić information content (AvgIpc) is 3.00. The number of H-pyrrole nitrogens is 1. The Hall–Kier alpha value is -1.95. The van der Waals surface area contributed by atoms with Crippen LogP contribution in [0, 0.1) is 13.8 Å². The molecule has 1 aliphatic carbocycles. The predicted octanol–water partition coefficient (Wildman–Crippen LogP) is 3.42. The maximum absolute atomic E-state index is 12.5. The monoisotopic (exact) mass is 317 g/mol. The molecule has 22 heavy (non-hydrogen) atoms. The number of anilines is 1. The molecular formula is C16H19N3O2S. The number of ketones is 1. The molecule has 0 radical (unpaired) electrons. The molecule has 1 amide bonds. The van der Waals surface area contributed by atoms with E-state index in [1.165, 1.54) is 11.3 Å². The molecule has 0 unspecified atom stereocenters. The first-order valence-corrected chi connectivity index (χ1v) is 8.35. The summed E-state index contributed by atoms with van der Waals surface area (Å²) in [5.74, 6) is -0.0940. The molecule has 2 aromatic heterocycles. The van der Waals surface area contributed by atoms with E-state index >= 15 is 0 Å². The normalized spacial score (nSPS) is 14.0. The Balaban J connectivity index is 1.88. The summed E-state index contributed by atoms with van der Waals surface area (Å²) in [5, 5.41) is 3.45. The van der Waals surface area contributed by atoms with Gasteiger partial charge in [0.15, 0.2) is 10.9 Å². The summed E-state index contributed by atoms with van der Waals surface area (Å²) in [6, 6.07) is 0. The first kappa shape index (κ1) is 15.0. The van der Waals surface area contributed by atoms with Crippen LogP contribution in [-0.4, -0.2) is 21.7 Å². The third-order valence-corrected chi connectivity index (χ3v) is 5.04. The number of nitrogens with one attached hydrogen (secondary N) is 2. The second-order valence-electron chi connectivity index (χ2n) is 5.58. The molecule has 0 atom stereocenters. The van der Waals surface area contributed by atoms with Crippen LogP contribution in [0.25, 0.3) is 0 Å². The smallest absolute Gasteiger partial charge is 0.274 e. The van der Waals surface area contributed by atoms with E-state index < -0.39 is 0 Å². The number of thiazole rings is 1. The average molecular weight is 317 g/mol. The number of aromatic amines is 1. The van der Waals surface area contributed by atoms with Crippen LogP contribution in [0.4, 0.5) is 5.13 Å². The fourth-order valence-corrected chi connectivity index (χ4v) is 3.87. The van der Waals surface area contributed by atoms with Crippen LogP contribution in [0.5, 0.6) is 0 Å². The van der Waals surface area contributed by atoms with Gasteiger partial charge in [-0.15, -0.1) is 11.3 Å². The van der Waals surface area contributed by atoms with E-state index in [0.717, 1.165) is 41.1 Å². The van der Waals surface area contributed by atoms with E-state index in [-0.39, 0.29) is 11.7 Å². The minimum Gasteiger partial charge on any atom is -0.354 e. The van der Waals surface area contributed by atoms with Crippen molar-refractivity contribution < 1.29 is 9.59 Å². The van der Waals surface area contributed by atoms with E-state index in [0.29, 0.717) is 22.8 Å². The lowest BCUT2D eigenvalue weighted by Gasteiger charge is -2.09. The van der Waals surface area contributed by atoms with Crippen molar-refractivity contribution in [3.63, 3.8) is 0 Å². The minimum absolute atomic E-state index is 0.132. The first-order valence-electron chi connectivity index (χ1n) is 7.53. The lowest BCUT2D eigenvalue weighted by molar-refractivity contribution is 0.0971. The van der Waals surface area contributed by atoms with Crippen molar-refractivity contribution >= 4 is 28.2 Å². The molecule has 2 N–H and O–H groups in total. The van der Waals surface area contributed by atoms with E-state index in [1.807, 2.05) is 20.8 Å². The van der Waals surface area contributed by atoms with E-state index in [9.17, 15) is 9.59 Å². The highest BCUT2D eigenvalue weighted by Crippen LogP contribution is 2.28. The maximum atomic E-state index is 12.5. The Labute approximate surface area is 133 Å². The lowest BCUT2D eigenvalue weighted by Crippen LogP contribution is -2.13. The van der Waals surface area contributed by atoms with Gasteiger partial charge in [-0.1, -0.05) is 6.92 Å². The van der Waals surface area contributed by atoms with Crippen molar-refractivity contribution in [2.45, 2.75) is 46.5 Å². The molecule has 0 aromatic carbocycles. The van der Waals surface area contributed by atoms with Crippen LogP contribution in [0.15, 0.2) is 0 Å². The first-order chi connectivity index (χ1) is 10.5. The highest BCUT2D eigenvalue weighted by atomic mass is 32.1. The number of Topliss-reactive ketones (excluding diaryl/α,β-unsaturated/α-hetero) is 1. The Kier molecular flexibility index (Phi) is 3.87. The molecule has 6 heteroatoms. The summed E-state index contributed by atoms with van der Waals surface area (Å²) in [4.78, 5) is 33.2. The van der Waals surface area contributed by atoms with Crippen molar-refractivity contribution in [1.29, 1.82) is 0 Å². The van der Waals surface area contributed by atoms with Crippen LogP contribution >= 0.6 is 11.3 Å². The quantitative estimate of drug-likeness (QED) is 0.911. The van der Waals surface area contributed by atoms with Crippen LogP contribution in [0.2, 0.25) is 0 Å². The van der Waals surface area contributed by atoms with Gasteiger partial charge < -0.3 is 4.98 Å².